The smallest absolute Gasteiger partial charge is 0.224 e. The van der Waals surface area contributed by atoms with Gasteiger partial charge < -0.3 is 10.1 Å². The first kappa shape index (κ1) is 18.8. The zero-order valence-electron chi connectivity index (χ0n) is 15.1. The first-order valence-corrected chi connectivity index (χ1v) is 9.49. The summed E-state index contributed by atoms with van der Waals surface area (Å²) in [4.78, 5) is 8.65. The Kier molecular flexibility index (Phi) is 6.38. The molecule has 3 aromatic heterocycles. The number of hydrogen-bond donors (Lipinski definition) is 1. The van der Waals surface area contributed by atoms with Gasteiger partial charge in [-0.25, -0.2) is 0 Å². The van der Waals surface area contributed by atoms with Crippen molar-refractivity contribution in [1.82, 2.24) is 19.6 Å². The molecule has 0 spiro atoms. The summed E-state index contributed by atoms with van der Waals surface area (Å²) in [7, 11) is 0. The van der Waals surface area contributed by atoms with Gasteiger partial charge in [-0.05, 0) is 39.7 Å². The van der Waals surface area contributed by atoms with Crippen molar-refractivity contribution in [2.45, 2.75) is 20.4 Å². The molecule has 0 aliphatic carbocycles. The van der Waals surface area contributed by atoms with E-state index in [0.717, 1.165) is 21.6 Å². The van der Waals surface area contributed by atoms with E-state index in [1.807, 2.05) is 68.6 Å². The van der Waals surface area contributed by atoms with Crippen LogP contribution in [0.2, 0.25) is 0 Å². The van der Waals surface area contributed by atoms with Gasteiger partial charge >= 0.3 is 0 Å². The summed E-state index contributed by atoms with van der Waals surface area (Å²) in [6.07, 6.45) is 5.29. The maximum atomic E-state index is 5.88. The minimum atomic E-state index is 0.494. The quantitative estimate of drug-likeness (QED) is 0.468. The second-order valence-electron chi connectivity index (χ2n) is 5.34. The van der Waals surface area contributed by atoms with E-state index < -0.39 is 0 Å². The molecule has 0 aliphatic rings. The van der Waals surface area contributed by atoms with Crippen molar-refractivity contribution < 1.29 is 4.74 Å². The van der Waals surface area contributed by atoms with Gasteiger partial charge in [0.05, 0.1) is 10.7 Å². The van der Waals surface area contributed by atoms with E-state index in [1.54, 1.807) is 16.9 Å². The lowest BCUT2D eigenvalue weighted by molar-refractivity contribution is 0.463. The van der Waals surface area contributed by atoms with E-state index in [1.165, 1.54) is 0 Å². The molecule has 7 heteroatoms. The second-order valence-corrected chi connectivity index (χ2v) is 6.19. The topological polar surface area (TPSA) is 64.3 Å². The predicted octanol–water partition coefficient (Wildman–Crippen LogP) is 5.32. The second kappa shape index (κ2) is 9.14. The van der Waals surface area contributed by atoms with Crippen molar-refractivity contribution in [2.75, 3.05) is 5.32 Å². The van der Waals surface area contributed by atoms with Crippen molar-refractivity contribution in [1.29, 1.82) is 0 Å². The summed E-state index contributed by atoms with van der Waals surface area (Å²) >= 11 is 3.48. The number of ether oxygens (including phenoxy) is 1. The first-order valence-electron chi connectivity index (χ1n) is 8.69. The molecule has 0 fully saturated rings. The Morgan fingerprint density at radius 3 is 2.63 bits per heavy atom. The normalized spacial score (nSPS) is 10.2. The lowest BCUT2D eigenvalue weighted by Gasteiger charge is -2.11. The Morgan fingerprint density at radius 2 is 1.89 bits per heavy atom. The highest BCUT2D eigenvalue weighted by molar-refractivity contribution is 9.10. The summed E-state index contributed by atoms with van der Waals surface area (Å²) in [6, 6.07) is 15.3. The molecular weight excluding hydrogens is 406 g/mol. The fraction of sp³-hybridized carbons (Fsp3) is 0.150. The van der Waals surface area contributed by atoms with E-state index in [-0.39, 0.29) is 0 Å². The Hall–Kier alpha value is -2.93. The molecule has 0 saturated heterocycles. The largest absolute Gasteiger partial charge is 0.439 e. The van der Waals surface area contributed by atoms with Crippen LogP contribution in [0.1, 0.15) is 19.4 Å². The van der Waals surface area contributed by atoms with Crippen LogP contribution in [-0.4, -0.2) is 19.6 Å². The number of nitrogens with one attached hydrogen (secondary N) is 1. The van der Waals surface area contributed by atoms with Crippen LogP contribution in [0.3, 0.4) is 0 Å². The zero-order valence-corrected chi connectivity index (χ0v) is 16.7. The number of fused-ring (bicyclic) bond motifs is 1. The van der Waals surface area contributed by atoms with Crippen molar-refractivity contribution in [3.05, 3.63) is 77.2 Å². The fourth-order valence-electron chi connectivity index (χ4n) is 2.40. The van der Waals surface area contributed by atoms with Gasteiger partial charge in [-0.2, -0.15) is 14.6 Å². The minimum Gasteiger partial charge on any atom is -0.439 e. The SMILES string of the molecule is Brc1cnn2c(NCc3cccnc3)cc(Oc3ccccc3)nc12.CC. The van der Waals surface area contributed by atoms with Crippen LogP contribution in [0.5, 0.6) is 11.6 Å². The number of halogens is 1. The Bertz CT molecular complexity index is 989. The Labute approximate surface area is 166 Å². The molecule has 138 valence electrons. The molecule has 0 atom stereocenters. The minimum absolute atomic E-state index is 0.494. The molecule has 0 saturated carbocycles. The van der Waals surface area contributed by atoms with E-state index >= 15 is 0 Å². The molecule has 27 heavy (non-hydrogen) atoms. The third kappa shape index (κ3) is 4.62. The molecule has 0 aliphatic heterocycles. The van der Waals surface area contributed by atoms with Crippen molar-refractivity contribution in [2.24, 2.45) is 0 Å². The van der Waals surface area contributed by atoms with Crippen LogP contribution in [0, 0.1) is 0 Å². The van der Waals surface area contributed by atoms with E-state index in [2.05, 4.69) is 36.3 Å². The molecule has 0 unspecified atom stereocenters. The number of hydrogen-bond acceptors (Lipinski definition) is 5. The van der Waals surface area contributed by atoms with Gasteiger partial charge in [0, 0.05) is 25.0 Å². The number of anilines is 1. The van der Waals surface area contributed by atoms with Gasteiger partial charge in [0.1, 0.15) is 11.6 Å². The summed E-state index contributed by atoms with van der Waals surface area (Å²) in [6.45, 7) is 4.62. The van der Waals surface area contributed by atoms with Gasteiger partial charge in [0.15, 0.2) is 5.65 Å². The monoisotopic (exact) mass is 425 g/mol. The molecular formula is C20H20BrN5O. The van der Waals surface area contributed by atoms with Crippen LogP contribution >= 0.6 is 15.9 Å². The zero-order chi connectivity index (χ0) is 19.1. The van der Waals surface area contributed by atoms with Crippen LogP contribution in [0.15, 0.2) is 71.6 Å². The third-order valence-corrected chi connectivity index (χ3v) is 4.13. The van der Waals surface area contributed by atoms with Gasteiger partial charge in [-0.3, -0.25) is 4.98 Å². The fourth-order valence-corrected chi connectivity index (χ4v) is 2.74. The number of nitrogens with zero attached hydrogens (tertiary/aromatic N) is 4. The number of aromatic nitrogens is 4. The number of para-hydroxylation sites is 1. The Balaban J connectivity index is 0.00000102. The molecule has 4 aromatic rings. The molecule has 3 heterocycles. The first-order chi connectivity index (χ1) is 13.3. The van der Waals surface area contributed by atoms with Crippen molar-refractivity contribution in [3.8, 4) is 11.6 Å². The number of rotatable bonds is 5. The van der Waals surface area contributed by atoms with E-state index in [4.69, 9.17) is 4.74 Å². The van der Waals surface area contributed by atoms with Crippen molar-refractivity contribution >= 4 is 27.4 Å². The average Bonchev–Trinajstić information content (AvgIpc) is 3.10. The van der Waals surface area contributed by atoms with E-state index in [0.29, 0.717) is 18.1 Å². The third-order valence-electron chi connectivity index (χ3n) is 3.57. The summed E-state index contributed by atoms with van der Waals surface area (Å²) in [5.41, 5.74) is 1.76. The molecule has 0 bridgehead atoms. The molecule has 0 radical (unpaired) electrons. The van der Waals surface area contributed by atoms with Crippen LogP contribution in [-0.2, 0) is 6.54 Å². The van der Waals surface area contributed by atoms with Crippen LogP contribution in [0.25, 0.3) is 5.65 Å². The highest BCUT2D eigenvalue weighted by Gasteiger charge is 2.11. The molecule has 1 aromatic carbocycles. The van der Waals surface area contributed by atoms with Crippen LogP contribution < -0.4 is 10.1 Å². The summed E-state index contributed by atoms with van der Waals surface area (Å²) in [5.74, 6) is 2.01. The molecule has 1 N–H and O–H groups in total. The standard InChI is InChI=1S/C18H14BrN5O.C2H6/c19-15-12-22-24-16(21-11-13-5-4-8-20-10-13)9-17(23-18(15)24)25-14-6-2-1-3-7-14;1-2/h1-10,12,21H,11H2;1-2H3. The summed E-state index contributed by atoms with van der Waals surface area (Å²) < 4.78 is 8.41. The van der Waals surface area contributed by atoms with Gasteiger partial charge in [-0.1, -0.05) is 38.1 Å². The molecule has 6 nitrogen and oxygen atoms in total. The maximum absolute atomic E-state index is 5.88. The number of benzene rings is 1. The van der Waals surface area contributed by atoms with Crippen molar-refractivity contribution in [3.63, 3.8) is 0 Å². The van der Waals surface area contributed by atoms with Gasteiger partial charge in [0.25, 0.3) is 0 Å². The highest BCUT2D eigenvalue weighted by atomic mass is 79.9. The lowest BCUT2D eigenvalue weighted by Crippen LogP contribution is -2.06. The predicted molar refractivity (Wildman–Crippen MR) is 110 cm³/mol. The number of pyridine rings is 1. The van der Waals surface area contributed by atoms with Crippen LogP contribution in [0.4, 0.5) is 5.82 Å². The highest BCUT2D eigenvalue weighted by Crippen LogP contribution is 2.26. The Morgan fingerprint density at radius 1 is 1.07 bits per heavy atom. The van der Waals surface area contributed by atoms with E-state index in [9.17, 15) is 0 Å². The lowest BCUT2D eigenvalue weighted by atomic mass is 10.3. The van der Waals surface area contributed by atoms with Gasteiger partial charge in [-0.15, -0.1) is 0 Å². The van der Waals surface area contributed by atoms with Gasteiger partial charge in [0.2, 0.25) is 5.88 Å². The average molecular weight is 426 g/mol. The maximum Gasteiger partial charge on any atom is 0.224 e. The summed E-state index contributed by atoms with van der Waals surface area (Å²) in [5, 5.41) is 7.72. The molecule has 4 rings (SSSR count). The molecule has 0 amide bonds.